The number of halogens is 1. The topological polar surface area (TPSA) is 63.6 Å². The SMILES string of the molecule is Cc1cc(OC(C)(C)C(=O)NN=Cc2ccncc2)ccc1Cl. The molecule has 0 unspecified atom stereocenters. The lowest BCUT2D eigenvalue weighted by molar-refractivity contribution is -0.134. The van der Waals surface area contributed by atoms with Gasteiger partial charge in [0.05, 0.1) is 6.21 Å². The van der Waals surface area contributed by atoms with Crippen molar-refractivity contribution in [1.29, 1.82) is 0 Å². The first kappa shape index (κ1) is 17.0. The number of aromatic nitrogens is 1. The summed E-state index contributed by atoms with van der Waals surface area (Å²) in [5.41, 5.74) is 3.13. The first-order valence-electron chi connectivity index (χ1n) is 7.07. The molecule has 0 saturated heterocycles. The molecule has 1 N–H and O–H groups in total. The number of aryl methyl sites for hydroxylation is 1. The standard InChI is InChI=1S/C17H18ClN3O2/c1-12-10-14(4-5-15(12)18)23-17(2,3)16(22)21-20-11-13-6-8-19-9-7-13/h4-11H,1-3H3,(H,21,22). The minimum atomic E-state index is -1.07. The van der Waals surface area contributed by atoms with Gasteiger partial charge >= 0.3 is 0 Å². The summed E-state index contributed by atoms with van der Waals surface area (Å²) in [6.45, 7) is 5.23. The van der Waals surface area contributed by atoms with Crippen molar-refractivity contribution in [2.45, 2.75) is 26.4 Å². The molecule has 0 bridgehead atoms. The first-order chi connectivity index (χ1) is 10.9. The third kappa shape index (κ3) is 4.79. The molecule has 120 valence electrons. The van der Waals surface area contributed by atoms with Crippen LogP contribution in [0.25, 0.3) is 0 Å². The van der Waals surface area contributed by atoms with Gasteiger partial charge in [0, 0.05) is 17.4 Å². The minimum absolute atomic E-state index is 0.351. The van der Waals surface area contributed by atoms with Crippen molar-refractivity contribution >= 4 is 23.7 Å². The van der Waals surface area contributed by atoms with E-state index in [1.54, 1.807) is 62.8 Å². The van der Waals surface area contributed by atoms with E-state index in [4.69, 9.17) is 16.3 Å². The minimum Gasteiger partial charge on any atom is -0.478 e. The van der Waals surface area contributed by atoms with Crippen LogP contribution in [0, 0.1) is 6.92 Å². The summed E-state index contributed by atoms with van der Waals surface area (Å²) in [6.07, 6.45) is 4.85. The Bertz CT molecular complexity index is 715. The van der Waals surface area contributed by atoms with Crippen LogP contribution in [0.15, 0.2) is 47.8 Å². The highest BCUT2D eigenvalue weighted by Crippen LogP contribution is 2.24. The molecular weight excluding hydrogens is 314 g/mol. The monoisotopic (exact) mass is 331 g/mol. The van der Waals surface area contributed by atoms with E-state index in [0.29, 0.717) is 10.8 Å². The lowest BCUT2D eigenvalue weighted by atomic mass is 10.1. The second kappa shape index (κ2) is 7.24. The molecule has 0 aliphatic carbocycles. The number of carbonyl (C=O) groups is 1. The van der Waals surface area contributed by atoms with Crippen molar-refractivity contribution in [3.63, 3.8) is 0 Å². The maximum atomic E-state index is 12.2. The summed E-state index contributed by atoms with van der Waals surface area (Å²) in [5, 5.41) is 4.58. The molecule has 2 rings (SSSR count). The molecule has 23 heavy (non-hydrogen) atoms. The van der Waals surface area contributed by atoms with Crippen molar-refractivity contribution in [2.24, 2.45) is 5.10 Å². The maximum absolute atomic E-state index is 12.2. The van der Waals surface area contributed by atoms with E-state index >= 15 is 0 Å². The second-order valence-electron chi connectivity index (χ2n) is 5.50. The van der Waals surface area contributed by atoms with Crippen LogP contribution >= 0.6 is 11.6 Å². The van der Waals surface area contributed by atoms with Crippen molar-refractivity contribution < 1.29 is 9.53 Å². The van der Waals surface area contributed by atoms with E-state index in [1.807, 2.05) is 6.92 Å². The predicted molar refractivity (Wildman–Crippen MR) is 90.9 cm³/mol. The summed E-state index contributed by atoms with van der Waals surface area (Å²) in [6, 6.07) is 8.82. The average molecular weight is 332 g/mol. The highest BCUT2D eigenvalue weighted by atomic mass is 35.5. The predicted octanol–water partition coefficient (Wildman–Crippen LogP) is 3.35. The van der Waals surface area contributed by atoms with E-state index in [1.165, 1.54) is 0 Å². The van der Waals surface area contributed by atoms with Crippen molar-refractivity contribution in [3.8, 4) is 5.75 Å². The van der Waals surface area contributed by atoms with Crippen LogP contribution in [0.4, 0.5) is 0 Å². The van der Waals surface area contributed by atoms with E-state index in [9.17, 15) is 4.79 Å². The largest absolute Gasteiger partial charge is 0.478 e. The Balaban J connectivity index is 1.99. The van der Waals surface area contributed by atoms with Crippen molar-refractivity contribution in [1.82, 2.24) is 10.4 Å². The molecule has 0 atom stereocenters. The first-order valence-corrected chi connectivity index (χ1v) is 7.45. The van der Waals surface area contributed by atoms with Crippen LogP contribution in [0.5, 0.6) is 5.75 Å². The normalized spacial score (nSPS) is 11.5. The van der Waals surface area contributed by atoms with Gasteiger partial charge < -0.3 is 4.74 Å². The number of benzene rings is 1. The van der Waals surface area contributed by atoms with Gasteiger partial charge in [-0.3, -0.25) is 9.78 Å². The smallest absolute Gasteiger partial charge is 0.283 e. The molecule has 0 radical (unpaired) electrons. The molecular formula is C17H18ClN3O2. The Kier molecular flexibility index (Phi) is 5.34. The Labute approximate surface area is 140 Å². The van der Waals surface area contributed by atoms with Crippen LogP contribution in [0.1, 0.15) is 25.0 Å². The summed E-state index contributed by atoms with van der Waals surface area (Å²) in [7, 11) is 0. The van der Waals surface area contributed by atoms with Gasteiger partial charge in [0.15, 0.2) is 5.60 Å². The third-order valence-corrected chi connectivity index (χ3v) is 3.56. The number of nitrogens with one attached hydrogen (secondary N) is 1. The second-order valence-corrected chi connectivity index (χ2v) is 5.91. The zero-order valence-electron chi connectivity index (χ0n) is 13.2. The molecule has 5 nitrogen and oxygen atoms in total. The number of amides is 1. The molecule has 2 aromatic rings. The molecule has 1 aromatic carbocycles. The molecule has 0 aliphatic rings. The summed E-state index contributed by atoms with van der Waals surface area (Å²) >= 11 is 5.98. The van der Waals surface area contributed by atoms with Crippen molar-refractivity contribution in [3.05, 3.63) is 58.9 Å². The Morgan fingerprint density at radius 2 is 2.00 bits per heavy atom. The molecule has 0 fully saturated rings. The summed E-state index contributed by atoms with van der Waals surface area (Å²) < 4.78 is 5.75. The highest BCUT2D eigenvalue weighted by molar-refractivity contribution is 6.31. The van der Waals surface area contributed by atoms with E-state index in [0.717, 1.165) is 11.1 Å². The van der Waals surface area contributed by atoms with E-state index in [2.05, 4.69) is 15.5 Å². The summed E-state index contributed by atoms with van der Waals surface area (Å²) in [4.78, 5) is 16.1. The highest BCUT2D eigenvalue weighted by Gasteiger charge is 2.30. The molecule has 0 saturated carbocycles. The van der Waals surface area contributed by atoms with Gasteiger partial charge in [-0.1, -0.05) is 11.6 Å². The van der Waals surface area contributed by atoms with Crippen LogP contribution in [0.2, 0.25) is 5.02 Å². The molecule has 6 heteroatoms. The number of nitrogens with zero attached hydrogens (tertiary/aromatic N) is 2. The molecule has 1 aromatic heterocycles. The molecule has 0 aliphatic heterocycles. The summed E-state index contributed by atoms with van der Waals surface area (Å²) in [5.74, 6) is 0.223. The quantitative estimate of drug-likeness (QED) is 0.675. The van der Waals surface area contributed by atoms with Crippen LogP contribution in [0.3, 0.4) is 0 Å². The van der Waals surface area contributed by atoms with Gasteiger partial charge in [-0.2, -0.15) is 5.10 Å². The van der Waals surface area contributed by atoms with Crippen LogP contribution < -0.4 is 10.2 Å². The number of hydrazone groups is 1. The zero-order valence-corrected chi connectivity index (χ0v) is 14.0. The van der Waals surface area contributed by atoms with Gasteiger partial charge in [0.2, 0.25) is 0 Å². The van der Waals surface area contributed by atoms with Gasteiger partial charge in [-0.05, 0) is 62.2 Å². The number of hydrogen-bond acceptors (Lipinski definition) is 4. The fourth-order valence-electron chi connectivity index (χ4n) is 1.77. The Hall–Kier alpha value is -2.40. The van der Waals surface area contributed by atoms with Gasteiger partial charge in [0.25, 0.3) is 5.91 Å². The number of pyridine rings is 1. The fraction of sp³-hybridized carbons (Fsp3) is 0.235. The lowest BCUT2D eigenvalue weighted by Gasteiger charge is -2.24. The fourth-order valence-corrected chi connectivity index (χ4v) is 1.89. The number of ether oxygens (including phenoxy) is 1. The average Bonchev–Trinajstić information content (AvgIpc) is 2.51. The van der Waals surface area contributed by atoms with Crippen molar-refractivity contribution in [2.75, 3.05) is 0 Å². The number of carbonyl (C=O) groups excluding carboxylic acids is 1. The van der Waals surface area contributed by atoms with E-state index in [-0.39, 0.29) is 5.91 Å². The van der Waals surface area contributed by atoms with Crippen LogP contribution in [-0.2, 0) is 4.79 Å². The van der Waals surface area contributed by atoms with E-state index < -0.39 is 5.60 Å². The Morgan fingerprint density at radius 3 is 2.65 bits per heavy atom. The third-order valence-electron chi connectivity index (χ3n) is 3.14. The number of rotatable bonds is 5. The van der Waals surface area contributed by atoms with Gasteiger partial charge in [-0.25, -0.2) is 5.43 Å². The molecule has 0 spiro atoms. The lowest BCUT2D eigenvalue weighted by Crippen LogP contribution is -2.44. The van der Waals surface area contributed by atoms with Gasteiger partial charge in [-0.15, -0.1) is 0 Å². The Morgan fingerprint density at radius 1 is 1.30 bits per heavy atom. The van der Waals surface area contributed by atoms with Crippen LogP contribution in [-0.4, -0.2) is 22.7 Å². The molecule has 1 amide bonds. The molecule has 1 heterocycles. The number of hydrogen-bond donors (Lipinski definition) is 1. The maximum Gasteiger partial charge on any atom is 0.283 e. The van der Waals surface area contributed by atoms with Gasteiger partial charge in [0.1, 0.15) is 5.75 Å². The zero-order chi connectivity index (χ0) is 16.9.